The van der Waals surface area contributed by atoms with Crippen LogP contribution in [0.5, 0.6) is 5.75 Å². The highest BCUT2D eigenvalue weighted by Gasteiger charge is 2.12. The summed E-state index contributed by atoms with van der Waals surface area (Å²) in [6.07, 6.45) is 0. The zero-order valence-corrected chi connectivity index (χ0v) is 13.5. The molecule has 0 radical (unpaired) electrons. The molecule has 2 amide bonds. The Morgan fingerprint density at radius 3 is 2.29 bits per heavy atom. The maximum Gasteiger partial charge on any atom is 0.255 e. The molecular formula is C18H18N2O4. The molecule has 0 heterocycles. The lowest BCUT2D eigenvalue weighted by atomic mass is 10.1. The number of rotatable bonds is 6. The lowest BCUT2D eigenvalue weighted by Crippen LogP contribution is -2.33. The van der Waals surface area contributed by atoms with Crippen molar-refractivity contribution in [3.05, 3.63) is 59.7 Å². The smallest absolute Gasteiger partial charge is 0.255 e. The molecular weight excluding hydrogens is 308 g/mol. The van der Waals surface area contributed by atoms with E-state index in [2.05, 4.69) is 10.6 Å². The van der Waals surface area contributed by atoms with Crippen LogP contribution in [0.15, 0.2) is 48.5 Å². The second kappa shape index (κ2) is 7.92. The van der Waals surface area contributed by atoms with Gasteiger partial charge in [-0.2, -0.15) is 0 Å². The summed E-state index contributed by atoms with van der Waals surface area (Å²) in [4.78, 5) is 35.2. The number of anilines is 1. The third-order valence-corrected chi connectivity index (χ3v) is 3.34. The Bertz CT molecular complexity index is 754. The summed E-state index contributed by atoms with van der Waals surface area (Å²) in [6.45, 7) is 1.30. The van der Waals surface area contributed by atoms with Crippen molar-refractivity contribution in [2.45, 2.75) is 6.92 Å². The topological polar surface area (TPSA) is 84.5 Å². The number of Topliss-reactive ketones (excluding diaryl/α,β-unsaturated/α-hetero) is 1. The van der Waals surface area contributed by atoms with Gasteiger partial charge in [-0.3, -0.25) is 14.4 Å². The SMILES string of the molecule is COc1ccccc1C(=O)NCC(=O)Nc1ccc(C(C)=O)cc1. The van der Waals surface area contributed by atoms with Crippen LogP contribution < -0.4 is 15.4 Å². The normalized spacial score (nSPS) is 9.92. The molecule has 0 bridgehead atoms. The Morgan fingerprint density at radius 2 is 1.67 bits per heavy atom. The van der Waals surface area contributed by atoms with Crippen molar-refractivity contribution in [3.8, 4) is 5.75 Å². The first-order chi connectivity index (χ1) is 11.5. The van der Waals surface area contributed by atoms with E-state index in [1.807, 2.05) is 0 Å². The molecule has 124 valence electrons. The minimum Gasteiger partial charge on any atom is -0.496 e. The highest BCUT2D eigenvalue weighted by atomic mass is 16.5. The fraction of sp³-hybridized carbons (Fsp3) is 0.167. The van der Waals surface area contributed by atoms with Gasteiger partial charge in [0, 0.05) is 11.3 Å². The number of nitrogens with one attached hydrogen (secondary N) is 2. The Morgan fingerprint density at radius 1 is 1.00 bits per heavy atom. The zero-order valence-electron chi connectivity index (χ0n) is 13.5. The fourth-order valence-corrected chi connectivity index (χ4v) is 2.08. The van der Waals surface area contributed by atoms with E-state index in [1.54, 1.807) is 48.5 Å². The minimum atomic E-state index is -0.394. The van der Waals surface area contributed by atoms with Gasteiger partial charge in [0.15, 0.2) is 5.78 Å². The molecule has 0 aliphatic carbocycles. The van der Waals surface area contributed by atoms with E-state index in [0.717, 1.165) is 0 Å². The van der Waals surface area contributed by atoms with E-state index in [9.17, 15) is 14.4 Å². The first-order valence-corrected chi connectivity index (χ1v) is 7.33. The molecule has 0 aliphatic heterocycles. The first-order valence-electron chi connectivity index (χ1n) is 7.33. The lowest BCUT2D eigenvalue weighted by molar-refractivity contribution is -0.115. The maximum atomic E-state index is 12.1. The molecule has 2 N–H and O–H groups in total. The van der Waals surface area contributed by atoms with E-state index >= 15 is 0 Å². The molecule has 6 heteroatoms. The second-order valence-corrected chi connectivity index (χ2v) is 5.06. The summed E-state index contributed by atoms with van der Waals surface area (Å²) in [7, 11) is 1.48. The molecule has 0 fully saturated rings. The summed E-state index contributed by atoms with van der Waals surface area (Å²) in [6, 6.07) is 13.3. The first kappa shape index (κ1) is 17.2. The number of carbonyl (C=O) groups excluding carboxylic acids is 3. The molecule has 0 saturated carbocycles. The van der Waals surface area contributed by atoms with E-state index < -0.39 is 5.91 Å². The summed E-state index contributed by atoms with van der Waals surface area (Å²) < 4.78 is 5.11. The standard InChI is InChI=1S/C18H18N2O4/c1-12(21)13-7-9-14(10-8-13)20-17(22)11-19-18(23)15-5-3-4-6-16(15)24-2/h3-10H,11H2,1-2H3,(H,19,23)(H,20,22). The van der Waals surface area contributed by atoms with Crippen LogP contribution in [0.2, 0.25) is 0 Å². The number of ether oxygens (including phenoxy) is 1. The Hall–Kier alpha value is -3.15. The molecule has 0 aromatic heterocycles. The predicted octanol–water partition coefficient (Wildman–Crippen LogP) is 2.27. The number of amides is 2. The van der Waals surface area contributed by atoms with Crippen LogP contribution in [0.3, 0.4) is 0 Å². The highest BCUT2D eigenvalue weighted by molar-refractivity contribution is 6.01. The van der Waals surface area contributed by atoms with Crippen LogP contribution in [0.25, 0.3) is 0 Å². The number of carbonyl (C=O) groups is 3. The number of para-hydroxylation sites is 1. The van der Waals surface area contributed by atoms with Crippen LogP contribution in [0.4, 0.5) is 5.69 Å². The van der Waals surface area contributed by atoms with E-state index in [4.69, 9.17) is 4.74 Å². The molecule has 6 nitrogen and oxygen atoms in total. The third-order valence-electron chi connectivity index (χ3n) is 3.34. The molecule has 0 saturated heterocycles. The number of hydrogen-bond donors (Lipinski definition) is 2. The average molecular weight is 326 g/mol. The molecule has 2 aromatic rings. The Labute approximate surface area is 139 Å². The number of ketones is 1. The van der Waals surface area contributed by atoms with E-state index in [1.165, 1.54) is 14.0 Å². The van der Waals surface area contributed by atoms with Crippen molar-refractivity contribution in [3.63, 3.8) is 0 Å². The summed E-state index contributed by atoms with van der Waals surface area (Å²) in [5, 5.41) is 5.19. The third kappa shape index (κ3) is 4.42. The van der Waals surface area contributed by atoms with Gasteiger partial charge in [0.25, 0.3) is 5.91 Å². The van der Waals surface area contributed by atoms with Crippen LogP contribution in [-0.4, -0.2) is 31.3 Å². The van der Waals surface area contributed by atoms with E-state index in [0.29, 0.717) is 22.6 Å². The molecule has 24 heavy (non-hydrogen) atoms. The van der Waals surface area contributed by atoms with Crippen molar-refractivity contribution in [1.29, 1.82) is 0 Å². The van der Waals surface area contributed by atoms with Crippen molar-refractivity contribution in [2.24, 2.45) is 0 Å². The van der Waals surface area contributed by atoms with E-state index in [-0.39, 0.29) is 18.2 Å². The molecule has 0 aliphatic rings. The summed E-state index contributed by atoms with van der Waals surface area (Å²) in [5.74, 6) is -0.365. The summed E-state index contributed by atoms with van der Waals surface area (Å²) >= 11 is 0. The summed E-state index contributed by atoms with van der Waals surface area (Å²) in [5.41, 5.74) is 1.48. The molecule has 0 atom stereocenters. The lowest BCUT2D eigenvalue weighted by Gasteiger charge is -2.09. The fourth-order valence-electron chi connectivity index (χ4n) is 2.08. The molecule has 2 rings (SSSR count). The molecule has 0 spiro atoms. The average Bonchev–Trinajstić information content (AvgIpc) is 2.60. The van der Waals surface area contributed by atoms with Crippen LogP contribution >= 0.6 is 0 Å². The largest absolute Gasteiger partial charge is 0.496 e. The Kier molecular flexibility index (Phi) is 5.68. The van der Waals surface area contributed by atoms with Crippen molar-refractivity contribution >= 4 is 23.3 Å². The van der Waals surface area contributed by atoms with Gasteiger partial charge in [-0.15, -0.1) is 0 Å². The molecule has 0 unspecified atom stereocenters. The predicted molar refractivity (Wildman–Crippen MR) is 90.4 cm³/mol. The van der Waals surface area contributed by atoms with Gasteiger partial charge < -0.3 is 15.4 Å². The van der Waals surface area contributed by atoms with Crippen LogP contribution in [0.1, 0.15) is 27.6 Å². The van der Waals surface area contributed by atoms with Crippen molar-refractivity contribution < 1.29 is 19.1 Å². The number of hydrogen-bond acceptors (Lipinski definition) is 4. The monoisotopic (exact) mass is 326 g/mol. The Balaban J connectivity index is 1.91. The van der Waals surface area contributed by atoms with Gasteiger partial charge in [-0.1, -0.05) is 12.1 Å². The minimum absolute atomic E-state index is 0.0445. The van der Waals surface area contributed by atoms with Gasteiger partial charge >= 0.3 is 0 Å². The second-order valence-electron chi connectivity index (χ2n) is 5.06. The number of methoxy groups -OCH3 is 1. The van der Waals surface area contributed by atoms with Gasteiger partial charge in [0.1, 0.15) is 5.75 Å². The molecule has 2 aromatic carbocycles. The quantitative estimate of drug-likeness (QED) is 0.798. The van der Waals surface area contributed by atoms with Gasteiger partial charge in [0.2, 0.25) is 5.91 Å². The van der Waals surface area contributed by atoms with Crippen molar-refractivity contribution in [1.82, 2.24) is 5.32 Å². The highest BCUT2D eigenvalue weighted by Crippen LogP contribution is 2.16. The van der Waals surface area contributed by atoms with Crippen molar-refractivity contribution in [2.75, 3.05) is 19.0 Å². The van der Waals surface area contributed by atoms with Gasteiger partial charge in [0.05, 0.1) is 19.2 Å². The zero-order chi connectivity index (χ0) is 17.5. The number of benzene rings is 2. The van der Waals surface area contributed by atoms with Crippen LogP contribution in [-0.2, 0) is 4.79 Å². The van der Waals surface area contributed by atoms with Gasteiger partial charge in [-0.05, 0) is 43.3 Å². The van der Waals surface area contributed by atoms with Crippen LogP contribution in [0, 0.1) is 0 Å². The maximum absolute atomic E-state index is 12.1. The van der Waals surface area contributed by atoms with Gasteiger partial charge in [-0.25, -0.2) is 0 Å².